The Kier molecular flexibility index (Phi) is 9.70. The van der Waals surface area contributed by atoms with Gasteiger partial charge >= 0.3 is 0 Å². The number of azo groups is 1. The zero-order chi connectivity index (χ0) is 20.0. The quantitative estimate of drug-likeness (QED) is 0.403. The third-order valence-electron chi connectivity index (χ3n) is 4.41. The lowest BCUT2D eigenvalue weighted by Crippen LogP contribution is -2.10. The Hall–Kier alpha value is -2.75. The molecular formula is C22H27N3O3. The Morgan fingerprint density at radius 3 is 1.96 bits per heavy atom. The number of hydrogen-bond acceptors (Lipinski definition) is 6. The van der Waals surface area contributed by atoms with Gasteiger partial charge in [-0.2, -0.15) is 15.5 Å². The topological polar surface area (TPSA) is 98.2 Å². The number of nitrogens with zero attached hydrogens (tertiary/aromatic N) is 3. The molecule has 6 heteroatoms. The van der Waals surface area contributed by atoms with Crippen LogP contribution in [0.3, 0.4) is 0 Å². The van der Waals surface area contributed by atoms with Crippen molar-refractivity contribution in [2.24, 2.45) is 16.1 Å². The van der Waals surface area contributed by atoms with Gasteiger partial charge in [0.25, 0.3) is 0 Å². The number of ether oxygens (including phenoxy) is 1. The first kappa shape index (κ1) is 21.5. The molecule has 6 nitrogen and oxygen atoms in total. The maximum Gasteiger partial charge on any atom is 0.119 e. The number of rotatable bonds is 12. The van der Waals surface area contributed by atoms with Crippen LogP contribution in [0.15, 0.2) is 58.8 Å². The molecule has 0 aliphatic rings. The Balaban J connectivity index is 1.65. The predicted octanol–water partition coefficient (Wildman–Crippen LogP) is 4.90. The van der Waals surface area contributed by atoms with Crippen molar-refractivity contribution in [1.82, 2.24) is 0 Å². The molecule has 0 unspecified atom stereocenters. The first-order valence-corrected chi connectivity index (χ1v) is 9.61. The second-order valence-electron chi connectivity index (χ2n) is 6.64. The number of aliphatic hydroxyl groups excluding tert-OH is 2. The maximum absolute atomic E-state index is 9.02. The minimum Gasteiger partial charge on any atom is -0.494 e. The molecule has 0 aliphatic carbocycles. The molecule has 0 saturated carbocycles. The summed E-state index contributed by atoms with van der Waals surface area (Å²) in [5.74, 6) is 0.821. The smallest absolute Gasteiger partial charge is 0.119 e. The Morgan fingerprint density at radius 2 is 1.39 bits per heavy atom. The summed E-state index contributed by atoms with van der Waals surface area (Å²) in [5, 5.41) is 35.2. The Morgan fingerprint density at radius 1 is 0.821 bits per heavy atom. The second-order valence-corrected chi connectivity index (χ2v) is 6.64. The lowest BCUT2D eigenvalue weighted by atomic mass is 10.0. The summed E-state index contributed by atoms with van der Waals surface area (Å²) in [6.45, 7) is 0.779. The van der Waals surface area contributed by atoms with E-state index < -0.39 is 0 Å². The normalized spacial score (nSPS) is 11.1. The summed E-state index contributed by atoms with van der Waals surface area (Å²) in [7, 11) is 0. The van der Waals surface area contributed by atoms with Gasteiger partial charge in [-0.05, 0) is 61.4 Å². The van der Waals surface area contributed by atoms with Crippen molar-refractivity contribution in [1.29, 1.82) is 5.26 Å². The van der Waals surface area contributed by atoms with Crippen molar-refractivity contribution in [2.75, 3.05) is 19.8 Å². The molecule has 0 spiro atoms. The minimum absolute atomic E-state index is 0.0174. The standard InChI is InChI=1S/C22H27N3O3/c23-15-18-6-8-20(9-7-18)24-25-21-10-12-22(13-11-21)28-14-4-2-1-3-5-19(16-26)17-27/h6-13,19,26-27H,1-5,14,16-17H2/b25-24+. The minimum atomic E-state index is 0.0174. The van der Waals surface area contributed by atoms with E-state index in [9.17, 15) is 0 Å². The van der Waals surface area contributed by atoms with Crippen LogP contribution in [-0.2, 0) is 0 Å². The van der Waals surface area contributed by atoms with Crippen molar-refractivity contribution in [3.8, 4) is 11.8 Å². The van der Waals surface area contributed by atoms with Crippen LogP contribution in [0.5, 0.6) is 5.75 Å². The molecule has 0 heterocycles. The average molecular weight is 381 g/mol. The van der Waals surface area contributed by atoms with Crippen LogP contribution in [0.4, 0.5) is 11.4 Å². The van der Waals surface area contributed by atoms with Crippen molar-refractivity contribution in [2.45, 2.75) is 32.1 Å². The summed E-state index contributed by atoms with van der Waals surface area (Å²) < 4.78 is 5.74. The fraction of sp³-hybridized carbons (Fsp3) is 0.409. The Bertz CT molecular complexity index is 748. The van der Waals surface area contributed by atoms with Gasteiger partial charge in [0, 0.05) is 19.1 Å². The van der Waals surface area contributed by atoms with E-state index in [1.807, 2.05) is 24.3 Å². The van der Waals surface area contributed by atoms with Gasteiger partial charge < -0.3 is 14.9 Å². The van der Waals surface area contributed by atoms with Crippen LogP contribution in [0.2, 0.25) is 0 Å². The molecule has 2 aromatic rings. The number of benzene rings is 2. The van der Waals surface area contributed by atoms with Crippen molar-refractivity contribution < 1.29 is 14.9 Å². The van der Waals surface area contributed by atoms with Gasteiger partial charge in [0.1, 0.15) is 5.75 Å². The van der Waals surface area contributed by atoms with Gasteiger partial charge in [-0.15, -0.1) is 0 Å². The molecule has 0 bridgehead atoms. The van der Waals surface area contributed by atoms with Crippen molar-refractivity contribution >= 4 is 11.4 Å². The summed E-state index contributed by atoms with van der Waals surface area (Å²) in [4.78, 5) is 0. The van der Waals surface area contributed by atoms with Crippen LogP contribution < -0.4 is 4.74 Å². The number of hydrogen-bond donors (Lipinski definition) is 2. The van der Waals surface area contributed by atoms with Crippen LogP contribution in [0.25, 0.3) is 0 Å². The molecule has 0 aliphatic heterocycles. The van der Waals surface area contributed by atoms with Gasteiger partial charge in [0.2, 0.25) is 0 Å². The first-order valence-electron chi connectivity index (χ1n) is 9.61. The molecule has 0 amide bonds. The molecule has 2 rings (SSSR count). The first-order chi connectivity index (χ1) is 13.7. The van der Waals surface area contributed by atoms with Crippen LogP contribution >= 0.6 is 0 Å². The highest BCUT2D eigenvalue weighted by atomic mass is 16.5. The zero-order valence-corrected chi connectivity index (χ0v) is 16.0. The fourth-order valence-corrected chi connectivity index (χ4v) is 2.65. The predicted molar refractivity (Wildman–Crippen MR) is 108 cm³/mol. The van der Waals surface area contributed by atoms with E-state index in [-0.39, 0.29) is 19.1 Å². The highest BCUT2D eigenvalue weighted by Gasteiger charge is 2.04. The van der Waals surface area contributed by atoms with Gasteiger partial charge in [-0.3, -0.25) is 0 Å². The monoisotopic (exact) mass is 381 g/mol. The molecule has 2 N–H and O–H groups in total. The lowest BCUT2D eigenvalue weighted by Gasteiger charge is -2.10. The maximum atomic E-state index is 9.02. The van der Waals surface area contributed by atoms with E-state index in [0.29, 0.717) is 17.9 Å². The summed E-state index contributed by atoms with van der Waals surface area (Å²) in [5.41, 5.74) is 2.03. The highest BCUT2D eigenvalue weighted by molar-refractivity contribution is 5.44. The van der Waals surface area contributed by atoms with E-state index in [4.69, 9.17) is 20.2 Å². The summed E-state index contributed by atoms with van der Waals surface area (Å²) in [6, 6.07) is 16.5. The largest absolute Gasteiger partial charge is 0.494 e. The van der Waals surface area contributed by atoms with E-state index in [0.717, 1.165) is 43.5 Å². The van der Waals surface area contributed by atoms with Gasteiger partial charge in [0.15, 0.2) is 0 Å². The molecule has 0 saturated heterocycles. The molecule has 0 radical (unpaired) electrons. The van der Waals surface area contributed by atoms with Gasteiger partial charge in [0.05, 0.1) is 29.6 Å². The summed E-state index contributed by atoms with van der Waals surface area (Å²) in [6.07, 6.45) is 5.01. The molecule has 0 fully saturated rings. The van der Waals surface area contributed by atoms with Crippen LogP contribution in [-0.4, -0.2) is 30.0 Å². The molecular weight excluding hydrogens is 354 g/mol. The lowest BCUT2D eigenvalue weighted by molar-refractivity contribution is 0.141. The second kappa shape index (κ2) is 12.6. The van der Waals surface area contributed by atoms with Gasteiger partial charge in [-0.25, -0.2) is 0 Å². The molecule has 0 aromatic heterocycles. The summed E-state index contributed by atoms with van der Waals surface area (Å²) >= 11 is 0. The number of unbranched alkanes of at least 4 members (excludes halogenated alkanes) is 3. The van der Waals surface area contributed by atoms with Crippen molar-refractivity contribution in [3.05, 3.63) is 54.1 Å². The SMILES string of the molecule is N#Cc1ccc(/N=N/c2ccc(OCCCCCCC(CO)CO)cc2)cc1. The van der Waals surface area contributed by atoms with Gasteiger partial charge in [-0.1, -0.05) is 19.3 Å². The highest BCUT2D eigenvalue weighted by Crippen LogP contribution is 2.22. The van der Waals surface area contributed by atoms with Crippen LogP contribution in [0, 0.1) is 17.2 Å². The molecule has 0 atom stereocenters. The average Bonchev–Trinajstić information content (AvgIpc) is 2.75. The fourth-order valence-electron chi connectivity index (χ4n) is 2.65. The number of aliphatic hydroxyl groups is 2. The van der Waals surface area contributed by atoms with Crippen LogP contribution in [0.1, 0.15) is 37.7 Å². The van der Waals surface area contributed by atoms with E-state index in [2.05, 4.69) is 16.3 Å². The van der Waals surface area contributed by atoms with E-state index in [1.165, 1.54) is 0 Å². The molecule has 28 heavy (non-hydrogen) atoms. The third kappa shape index (κ3) is 7.87. The molecule has 148 valence electrons. The van der Waals surface area contributed by atoms with Crippen molar-refractivity contribution in [3.63, 3.8) is 0 Å². The molecule has 2 aromatic carbocycles. The van der Waals surface area contributed by atoms with E-state index in [1.54, 1.807) is 24.3 Å². The zero-order valence-electron chi connectivity index (χ0n) is 16.0. The number of nitriles is 1. The van der Waals surface area contributed by atoms with E-state index >= 15 is 0 Å². The Labute approximate surface area is 166 Å². The third-order valence-corrected chi connectivity index (χ3v) is 4.41.